The maximum atomic E-state index is 11.2. The van der Waals surface area contributed by atoms with E-state index in [1.54, 1.807) is 0 Å². The zero-order valence-electron chi connectivity index (χ0n) is 8.22. The van der Waals surface area contributed by atoms with E-state index in [9.17, 15) is 4.79 Å². The van der Waals surface area contributed by atoms with Gasteiger partial charge in [0.05, 0.1) is 0 Å². The van der Waals surface area contributed by atoms with Gasteiger partial charge in [-0.3, -0.25) is 4.79 Å². The molecule has 0 aliphatic carbocycles. The summed E-state index contributed by atoms with van der Waals surface area (Å²) in [6.45, 7) is 2.59. The third-order valence-electron chi connectivity index (χ3n) is 1.95. The quantitative estimate of drug-likeness (QED) is 0.814. The van der Waals surface area contributed by atoms with Crippen LogP contribution < -0.4 is 5.32 Å². The highest BCUT2D eigenvalue weighted by Gasteiger charge is 2.02. The van der Waals surface area contributed by atoms with E-state index in [0.717, 1.165) is 10.6 Å². The van der Waals surface area contributed by atoms with Crippen molar-refractivity contribution < 1.29 is 4.79 Å². The molecule has 1 amide bonds. The topological polar surface area (TPSA) is 29.1 Å². The molecule has 1 N–H and O–H groups in total. The number of aryl methyl sites for hydroxylation is 1. The fourth-order valence-electron chi connectivity index (χ4n) is 1.23. The van der Waals surface area contributed by atoms with Gasteiger partial charge in [-0.25, -0.2) is 0 Å². The second kappa shape index (κ2) is 5.66. The minimum atomic E-state index is 0.0763. The molecule has 0 saturated carbocycles. The number of nitrogens with one attached hydrogen (secondary N) is 1. The van der Waals surface area contributed by atoms with Crippen LogP contribution in [0.15, 0.2) is 24.3 Å². The number of rotatable bonds is 4. The van der Waals surface area contributed by atoms with Crippen molar-refractivity contribution in [1.29, 1.82) is 0 Å². The third kappa shape index (κ3) is 3.38. The highest BCUT2D eigenvalue weighted by Crippen LogP contribution is 2.16. The van der Waals surface area contributed by atoms with Gasteiger partial charge in [-0.1, -0.05) is 29.8 Å². The van der Waals surface area contributed by atoms with Gasteiger partial charge in [0.15, 0.2) is 0 Å². The van der Waals surface area contributed by atoms with Gasteiger partial charge in [-0.05, 0) is 25.0 Å². The maximum absolute atomic E-state index is 11.2. The summed E-state index contributed by atoms with van der Waals surface area (Å²) in [6.07, 6.45) is 1.20. The number of carbonyl (C=O) groups is 1. The molecule has 0 spiro atoms. The Bertz CT molecular complexity index is 312. The van der Waals surface area contributed by atoms with E-state index in [-0.39, 0.29) is 5.91 Å². The SMILES string of the molecule is CCNC(=O)CCc1ccccc1Cl. The van der Waals surface area contributed by atoms with Crippen LogP contribution >= 0.6 is 11.6 Å². The third-order valence-corrected chi connectivity index (χ3v) is 2.32. The van der Waals surface area contributed by atoms with E-state index in [1.807, 2.05) is 31.2 Å². The van der Waals surface area contributed by atoms with Crippen molar-refractivity contribution in [2.75, 3.05) is 6.54 Å². The zero-order chi connectivity index (χ0) is 10.4. The van der Waals surface area contributed by atoms with Crippen molar-refractivity contribution in [3.8, 4) is 0 Å². The first-order chi connectivity index (χ1) is 6.74. The number of carbonyl (C=O) groups excluding carboxylic acids is 1. The van der Waals surface area contributed by atoms with Crippen LogP contribution in [-0.2, 0) is 11.2 Å². The summed E-state index contributed by atoms with van der Waals surface area (Å²) in [5, 5.41) is 3.49. The Labute approximate surface area is 89.3 Å². The van der Waals surface area contributed by atoms with Crippen LogP contribution in [-0.4, -0.2) is 12.5 Å². The van der Waals surface area contributed by atoms with Crippen molar-refractivity contribution in [2.24, 2.45) is 0 Å². The highest BCUT2D eigenvalue weighted by molar-refractivity contribution is 6.31. The Hall–Kier alpha value is -1.02. The lowest BCUT2D eigenvalue weighted by molar-refractivity contribution is -0.120. The molecular formula is C11H14ClNO. The van der Waals surface area contributed by atoms with Gasteiger partial charge in [0.2, 0.25) is 5.91 Å². The highest BCUT2D eigenvalue weighted by atomic mass is 35.5. The van der Waals surface area contributed by atoms with Gasteiger partial charge < -0.3 is 5.32 Å². The van der Waals surface area contributed by atoms with Crippen molar-refractivity contribution in [3.05, 3.63) is 34.9 Å². The molecule has 0 fully saturated rings. The summed E-state index contributed by atoms with van der Waals surface area (Å²) >= 11 is 5.95. The van der Waals surface area contributed by atoms with Crippen LogP contribution in [0.1, 0.15) is 18.9 Å². The average Bonchev–Trinajstić information content (AvgIpc) is 2.17. The first-order valence-corrected chi connectivity index (χ1v) is 5.12. The Morgan fingerprint density at radius 1 is 1.43 bits per heavy atom. The fraction of sp³-hybridized carbons (Fsp3) is 0.364. The first kappa shape index (κ1) is 11.1. The summed E-state index contributed by atoms with van der Waals surface area (Å²) in [6, 6.07) is 7.60. The molecule has 0 heterocycles. The van der Waals surface area contributed by atoms with Crippen molar-refractivity contribution >= 4 is 17.5 Å². The molecule has 1 rings (SSSR count). The molecule has 76 valence electrons. The lowest BCUT2D eigenvalue weighted by Crippen LogP contribution is -2.22. The van der Waals surface area contributed by atoms with Crippen LogP contribution in [0.5, 0.6) is 0 Å². The molecular weight excluding hydrogens is 198 g/mol. The number of amides is 1. The summed E-state index contributed by atoms with van der Waals surface area (Å²) in [4.78, 5) is 11.2. The van der Waals surface area contributed by atoms with E-state index in [4.69, 9.17) is 11.6 Å². The first-order valence-electron chi connectivity index (χ1n) is 4.74. The molecule has 0 aliphatic heterocycles. The maximum Gasteiger partial charge on any atom is 0.220 e. The summed E-state index contributed by atoms with van der Waals surface area (Å²) in [7, 11) is 0. The van der Waals surface area contributed by atoms with Crippen molar-refractivity contribution in [3.63, 3.8) is 0 Å². The Balaban J connectivity index is 2.46. The molecule has 0 bridgehead atoms. The van der Waals surface area contributed by atoms with Crippen LogP contribution in [0, 0.1) is 0 Å². The van der Waals surface area contributed by atoms with E-state index >= 15 is 0 Å². The van der Waals surface area contributed by atoms with Crippen LogP contribution in [0.4, 0.5) is 0 Å². The van der Waals surface area contributed by atoms with Crippen molar-refractivity contribution in [1.82, 2.24) is 5.32 Å². The zero-order valence-corrected chi connectivity index (χ0v) is 8.97. The smallest absolute Gasteiger partial charge is 0.220 e. The Morgan fingerprint density at radius 2 is 2.14 bits per heavy atom. The van der Waals surface area contributed by atoms with Gasteiger partial charge in [-0.2, -0.15) is 0 Å². The molecule has 1 aromatic carbocycles. The van der Waals surface area contributed by atoms with E-state index in [0.29, 0.717) is 19.4 Å². The molecule has 14 heavy (non-hydrogen) atoms. The lowest BCUT2D eigenvalue weighted by atomic mass is 10.1. The Morgan fingerprint density at radius 3 is 2.79 bits per heavy atom. The summed E-state index contributed by atoms with van der Waals surface area (Å²) < 4.78 is 0. The second-order valence-electron chi connectivity index (χ2n) is 3.04. The summed E-state index contributed by atoms with van der Waals surface area (Å²) in [5.41, 5.74) is 1.03. The molecule has 1 aromatic rings. The van der Waals surface area contributed by atoms with E-state index < -0.39 is 0 Å². The van der Waals surface area contributed by atoms with E-state index in [1.165, 1.54) is 0 Å². The molecule has 0 aliphatic rings. The monoisotopic (exact) mass is 211 g/mol. The van der Waals surface area contributed by atoms with Gasteiger partial charge in [-0.15, -0.1) is 0 Å². The minimum absolute atomic E-state index is 0.0763. The summed E-state index contributed by atoms with van der Waals surface area (Å²) in [5.74, 6) is 0.0763. The second-order valence-corrected chi connectivity index (χ2v) is 3.45. The van der Waals surface area contributed by atoms with Gasteiger partial charge in [0.1, 0.15) is 0 Å². The van der Waals surface area contributed by atoms with Gasteiger partial charge in [0.25, 0.3) is 0 Å². The van der Waals surface area contributed by atoms with Crippen LogP contribution in [0.3, 0.4) is 0 Å². The minimum Gasteiger partial charge on any atom is -0.356 e. The van der Waals surface area contributed by atoms with Crippen LogP contribution in [0.25, 0.3) is 0 Å². The van der Waals surface area contributed by atoms with Gasteiger partial charge in [0, 0.05) is 18.0 Å². The molecule has 3 heteroatoms. The van der Waals surface area contributed by atoms with Crippen molar-refractivity contribution in [2.45, 2.75) is 19.8 Å². The number of hydrogen-bond donors (Lipinski definition) is 1. The number of benzene rings is 1. The lowest BCUT2D eigenvalue weighted by Gasteiger charge is -2.03. The predicted octanol–water partition coefficient (Wildman–Crippen LogP) is 2.41. The fourth-order valence-corrected chi connectivity index (χ4v) is 1.47. The Kier molecular flexibility index (Phi) is 4.47. The van der Waals surface area contributed by atoms with Crippen LogP contribution in [0.2, 0.25) is 5.02 Å². The number of hydrogen-bond acceptors (Lipinski definition) is 1. The van der Waals surface area contributed by atoms with E-state index in [2.05, 4.69) is 5.32 Å². The normalized spacial score (nSPS) is 9.86. The molecule has 0 saturated heterocycles. The molecule has 0 atom stereocenters. The predicted molar refractivity (Wildman–Crippen MR) is 58.5 cm³/mol. The largest absolute Gasteiger partial charge is 0.356 e. The van der Waals surface area contributed by atoms with Gasteiger partial charge >= 0.3 is 0 Å². The average molecular weight is 212 g/mol. The standard InChI is InChI=1S/C11H14ClNO/c1-2-13-11(14)8-7-9-5-3-4-6-10(9)12/h3-6H,2,7-8H2,1H3,(H,13,14). The molecule has 0 aromatic heterocycles. The molecule has 2 nitrogen and oxygen atoms in total. The molecule has 0 unspecified atom stereocenters. The molecule has 0 radical (unpaired) electrons. The number of halogens is 1.